The fourth-order valence-electron chi connectivity index (χ4n) is 1.93. The second-order valence-electron chi connectivity index (χ2n) is 3.97. The van der Waals surface area contributed by atoms with E-state index in [0.29, 0.717) is 22.5 Å². The number of fused-ring (bicyclic) bond motifs is 1. The second kappa shape index (κ2) is 4.10. The third-order valence-corrected chi connectivity index (χ3v) is 3.28. The van der Waals surface area contributed by atoms with Crippen molar-refractivity contribution in [3.8, 4) is 0 Å². The largest absolute Gasteiger partial charge is 0.469 e. The van der Waals surface area contributed by atoms with Crippen LogP contribution in [0.1, 0.15) is 21.7 Å². The van der Waals surface area contributed by atoms with Gasteiger partial charge in [0.25, 0.3) is 0 Å². The van der Waals surface area contributed by atoms with Crippen molar-refractivity contribution in [3.05, 3.63) is 52.1 Å². The van der Waals surface area contributed by atoms with E-state index in [2.05, 4.69) is 25.9 Å². The van der Waals surface area contributed by atoms with Gasteiger partial charge in [-0.3, -0.25) is 4.79 Å². The first kappa shape index (κ1) is 11.2. The van der Waals surface area contributed by atoms with Gasteiger partial charge in [0.2, 0.25) is 0 Å². The first-order chi connectivity index (χ1) is 8.66. The molecule has 4 nitrogen and oxygen atoms in total. The highest BCUT2D eigenvalue weighted by molar-refractivity contribution is 9.10. The van der Waals surface area contributed by atoms with Gasteiger partial charge in [0.15, 0.2) is 5.78 Å². The van der Waals surface area contributed by atoms with Crippen LogP contribution in [-0.2, 0) is 0 Å². The predicted molar refractivity (Wildman–Crippen MR) is 70.7 cm³/mol. The molecule has 18 heavy (non-hydrogen) atoms. The third-order valence-electron chi connectivity index (χ3n) is 2.85. The monoisotopic (exact) mass is 304 g/mol. The number of hydrogen-bond acceptors (Lipinski definition) is 3. The van der Waals surface area contributed by atoms with Gasteiger partial charge in [-0.05, 0) is 35.0 Å². The van der Waals surface area contributed by atoms with Crippen LogP contribution in [0.2, 0.25) is 0 Å². The van der Waals surface area contributed by atoms with Crippen LogP contribution < -0.4 is 0 Å². The number of rotatable bonds is 2. The zero-order valence-electron chi connectivity index (χ0n) is 9.53. The SMILES string of the molecule is Cc1occc1C(=O)c1c[nH]c2ncc(Br)cc12. The number of halogens is 1. The minimum Gasteiger partial charge on any atom is -0.469 e. The molecule has 1 N–H and O–H groups in total. The van der Waals surface area contributed by atoms with E-state index in [0.717, 1.165) is 9.86 Å². The highest BCUT2D eigenvalue weighted by Crippen LogP contribution is 2.24. The van der Waals surface area contributed by atoms with Gasteiger partial charge in [-0.2, -0.15) is 0 Å². The first-order valence-electron chi connectivity index (χ1n) is 5.38. The number of aryl methyl sites for hydroxylation is 1. The van der Waals surface area contributed by atoms with E-state index in [1.54, 1.807) is 25.4 Å². The molecule has 0 radical (unpaired) electrons. The van der Waals surface area contributed by atoms with Crippen molar-refractivity contribution >= 4 is 32.7 Å². The Morgan fingerprint density at radius 1 is 1.44 bits per heavy atom. The molecule has 0 amide bonds. The number of H-pyrrole nitrogens is 1. The summed E-state index contributed by atoms with van der Waals surface area (Å²) in [6, 6.07) is 3.56. The number of furan rings is 1. The number of nitrogens with zero attached hydrogens (tertiary/aromatic N) is 1. The second-order valence-corrected chi connectivity index (χ2v) is 4.89. The Hall–Kier alpha value is -1.88. The lowest BCUT2D eigenvalue weighted by molar-refractivity contribution is 0.103. The van der Waals surface area contributed by atoms with E-state index in [4.69, 9.17) is 4.42 Å². The minimum absolute atomic E-state index is 0.0626. The van der Waals surface area contributed by atoms with E-state index in [1.165, 1.54) is 6.26 Å². The van der Waals surface area contributed by atoms with Crippen LogP contribution in [0, 0.1) is 6.92 Å². The molecule has 0 fully saturated rings. The van der Waals surface area contributed by atoms with Crippen LogP contribution in [0.15, 0.2) is 39.7 Å². The highest BCUT2D eigenvalue weighted by Gasteiger charge is 2.18. The quantitative estimate of drug-likeness (QED) is 0.738. The highest BCUT2D eigenvalue weighted by atomic mass is 79.9. The lowest BCUT2D eigenvalue weighted by atomic mass is 10.0. The molecule has 0 spiro atoms. The van der Waals surface area contributed by atoms with E-state index in [-0.39, 0.29) is 5.78 Å². The van der Waals surface area contributed by atoms with Gasteiger partial charge < -0.3 is 9.40 Å². The minimum atomic E-state index is -0.0626. The smallest absolute Gasteiger partial charge is 0.198 e. The number of carbonyl (C=O) groups excluding carboxylic acids is 1. The molecule has 3 rings (SSSR count). The molecule has 3 heterocycles. The first-order valence-corrected chi connectivity index (χ1v) is 6.17. The standard InChI is InChI=1S/C13H9BrN2O2/c1-7-9(2-3-18-7)12(17)11-6-16-13-10(11)4-8(14)5-15-13/h2-6H,1H3,(H,15,16). The van der Waals surface area contributed by atoms with Crippen LogP contribution in [0.3, 0.4) is 0 Å². The van der Waals surface area contributed by atoms with Gasteiger partial charge in [0, 0.05) is 27.8 Å². The summed E-state index contributed by atoms with van der Waals surface area (Å²) in [5.74, 6) is 0.560. The van der Waals surface area contributed by atoms with Crippen molar-refractivity contribution in [2.75, 3.05) is 0 Å². The normalized spacial score (nSPS) is 11.0. The predicted octanol–water partition coefficient (Wildman–Crippen LogP) is 3.46. The molecular weight excluding hydrogens is 296 g/mol. The zero-order valence-corrected chi connectivity index (χ0v) is 11.1. The Labute approximate surface area is 111 Å². The molecule has 0 bridgehead atoms. The lowest BCUT2D eigenvalue weighted by Gasteiger charge is -1.98. The molecule has 3 aromatic heterocycles. The maximum absolute atomic E-state index is 12.4. The van der Waals surface area contributed by atoms with E-state index in [9.17, 15) is 4.79 Å². The zero-order chi connectivity index (χ0) is 12.7. The molecule has 0 aliphatic heterocycles. The molecule has 0 unspecified atom stereocenters. The number of carbonyl (C=O) groups is 1. The number of ketones is 1. The van der Waals surface area contributed by atoms with E-state index >= 15 is 0 Å². The molecule has 90 valence electrons. The van der Waals surface area contributed by atoms with Crippen molar-refractivity contribution in [3.63, 3.8) is 0 Å². The Morgan fingerprint density at radius 2 is 2.28 bits per heavy atom. The Bertz CT molecular complexity index is 742. The lowest BCUT2D eigenvalue weighted by Crippen LogP contribution is -2.00. The Kier molecular flexibility index (Phi) is 2.56. The topological polar surface area (TPSA) is 58.9 Å². The van der Waals surface area contributed by atoms with Crippen molar-refractivity contribution < 1.29 is 9.21 Å². The van der Waals surface area contributed by atoms with E-state index < -0.39 is 0 Å². The van der Waals surface area contributed by atoms with Gasteiger partial charge in [0.1, 0.15) is 11.4 Å². The molecular formula is C13H9BrN2O2. The number of hydrogen-bond donors (Lipinski definition) is 1. The summed E-state index contributed by atoms with van der Waals surface area (Å²) in [6.45, 7) is 1.77. The molecule has 5 heteroatoms. The van der Waals surface area contributed by atoms with E-state index in [1.807, 2.05) is 6.07 Å². The maximum atomic E-state index is 12.4. The summed E-state index contributed by atoms with van der Waals surface area (Å²) in [6.07, 6.45) is 4.89. The molecule has 0 saturated carbocycles. The molecule has 0 aliphatic carbocycles. The summed E-state index contributed by atoms with van der Waals surface area (Å²) in [5.41, 5.74) is 1.88. The summed E-state index contributed by atoms with van der Waals surface area (Å²) in [7, 11) is 0. The van der Waals surface area contributed by atoms with Crippen molar-refractivity contribution in [1.29, 1.82) is 0 Å². The molecule has 3 aromatic rings. The van der Waals surface area contributed by atoms with Crippen LogP contribution >= 0.6 is 15.9 Å². The summed E-state index contributed by atoms with van der Waals surface area (Å²) >= 11 is 3.36. The third kappa shape index (κ3) is 1.67. The average Bonchev–Trinajstić information content (AvgIpc) is 2.94. The van der Waals surface area contributed by atoms with Crippen LogP contribution in [0.4, 0.5) is 0 Å². The number of aromatic nitrogens is 2. The number of pyridine rings is 1. The van der Waals surface area contributed by atoms with Crippen molar-refractivity contribution in [1.82, 2.24) is 9.97 Å². The van der Waals surface area contributed by atoms with Crippen LogP contribution in [0.25, 0.3) is 11.0 Å². The molecule has 0 saturated heterocycles. The molecule has 0 aromatic carbocycles. The van der Waals surface area contributed by atoms with Crippen LogP contribution in [0.5, 0.6) is 0 Å². The van der Waals surface area contributed by atoms with Gasteiger partial charge in [-0.15, -0.1) is 0 Å². The van der Waals surface area contributed by atoms with Crippen molar-refractivity contribution in [2.24, 2.45) is 0 Å². The Balaban J connectivity index is 2.18. The molecule has 0 aliphatic rings. The van der Waals surface area contributed by atoms with Gasteiger partial charge in [0.05, 0.1) is 11.8 Å². The van der Waals surface area contributed by atoms with Crippen LogP contribution in [-0.4, -0.2) is 15.8 Å². The molecule has 0 atom stereocenters. The summed E-state index contributed by atoms with van der Waals surface area (Å²) in [5, 5.41) is 0.801. The fourth-order valence-corrected chi connectivity index (χ4v) is 2.26. The number of nitrogens with one attached hydrogen (secondary N) is 1. The average molecular weight is 305 g/mol. The van der Waals surface area contributed by atoms with Gasteiger partial charge >= 0.3 is 0 Å². The maximum Gasteiger partial charge on any atom is 0.198 e. The fraction of sp³-hybridized carbons (Fsp3) is 0.0769. The summed E-state index contributed by atoms with van der Waals surface area (Å²) in [4.78, 5) is 19.6. The van der Waals surface area contributed by atoms with Crippen molar-refractivity contribution in [2.45, 2.75) is 6.92 Å². The Morgan fingerprint density at radius 3 is 3.00 bits per heavy atom. The summed E-state index contributed by atoms with van der Waals surface area (Å²) < 4.78 is 6.00. The van der Waals surface area contributed by atoms with Gasteiger partial charge in [-0.1, -0.05) is 0 Å². The number of aromatic amines is 1. The van der Waals surface area contributed by atoms with Gasteiger partial charge in [-0.25, -0.2) is 4.98 Å².